The van der Waals surface area contributed by atoms with Crippen molar-refractivity contribution < 1.29 is 23.5 Å². The van der Waals surface area contributed by atoms with Crippen molar-refractivity contribution in [1.82, 2.24) is 10.3 Å². The molecule has 0 saturated heterocycles. The summed E-state index contributed by atoms with van der Waals surface area (Å²) in [5.41, 5.74) is 2.37. The molecule has 0 spiro atoms. The molecule has 0 fully saturated rings. The number of hydrogen-bond donors (Lipinski definition) is 2. The number of para-hydroxylation sites is 1. The molecule has 0 aliphatic rings. The summed E-state index contributed by atoms with van der Waals surface area (Å²) in [4.78, 5) is 41.8. The Morgan fingerprint density at radius 3 is 2.38 bits per heavy atom. The zero-order chi connectivity index (χ0) is 27.5. The van der Waals surface area contributed by atoms with Crippen molar-refractivity contribution in [3.63, 3.8) is 0 Å². The number of amides is 1. The standard InChI is InChI=1S/C32H24N2O6/c35-30-26-12-5-4-11-24(26)25-15-14-22(17-29(25)40-30)39-31(36)28(16-21-18-33-27-13-7-6-10-23(21)27)34-32(37)38-19-20-8-2-1-3-9-20/h1-15,17-18,28,33H,16,19H2,(H,34,37)/t28-/m1/s1. The van der Waals surface area contributed by atoms with Crippen molar-refractivity contribution in [1.29, 1.82) is 0 Å². The van der Waals surface area contributed by atoms with E-state index in [1.165, 1.54) is 6.07 Å². The lowest BCUT2D eigenvalue weighted by Gasteiger charge is -2.17. The molecular weight excluding hydrogens is 508 g/mol. The number of nitrogens with one attached hydrogen (secondary N) is 2. The molecule has 40 heavy (non-hydrogen) atoms. The first kappa shape index (κ1) is 24.9. The Balaban J connectivity index is 1.25. The summed E-state index contributed by atoms with van der Waals surface area (Å²) in [6, 6.07) is 27.9. The normalized spacial score (nSPS) is 11.9. The van der Waals surface area contributed by atoms with Gasteiger partial charge in [-0.3, -0.25) is 0 Å². The van der Waals surface area contributed by atoms with Crippen LogP contribution in [0.3, 0.4) is 0 Å². The average Bonchev–Trinajstić information content (AvgIpc) is 3.39. The van der Waals surface area contributed by atoms with E-state index in [1.54, 1.807) is 30.5 Å². The van der Waals surface area contributed by atoms with E-state index >= 15 is 0 Å². The fourth-order valence-electron chi connectivity index (χ4n) is 4.73. The summed E-state index contributed by atoms with van der Waals surface area (Å²) in [5.74, 6) is -0.510. The maximum Gasteiger partial charge on any atom is 0.408 e. The van der Waals surface area contributed by atoms with Gasteiger partial charge in [-0.15, -0.1) is 0 Å². The fourth-order valence-corrected chi connectivity index (χ4v) is 4.73. The Labute approximate surface area is 228 Å². The topological polar surface area (TPSA) is 111 Å². The fraction of sp³-hybridized carbons (Fsp3) is 0.0938. The van der Waals surface area contributed by atoms with Gasteiger partial charge in [0.05, 0.1) is 5.39 Å². The lowest BCUT2D eigenvalue weighted by atomic mass is 10.0. The lowest BCUT2D eigenvalue weighted by Crippen LogP contribution is -2.44. The quantitative estimate of drug-likeness (QED) is 0.115. The Morgan fingerprint density at radius 1 is 0.825 bits per heavy atom. The van der Waals surface area contributed by atoms with Crippen LogP contribution < -0.4 is 15.7 Å². The molecule has 1 atom stereocenters. The number of hydrogen-bond acceptors (Lipinski definition) is 6. The predicted molar refractivity (Wildman–Crippen MR) is 151 cm³/mol. The monoisotopic (exact) mass is 532 g/mol. The van der Waals surface area contributed by atoms with E-state index in [1.807, 2.05) is 66.7 Å². The highest BCUT2D eigenvalue weighted by Gasteiger charge is 2.26. The largest absolute Gasteiger partial charge is 0.445 e. The predicted octanol–water partition coefficient (Wildman–Crippen LogP) is 5.87. The highest BCUT2D eigenvalue weighted by atomic mass is 16.6. The number of benzene rings is 4. The summed E-state index contributed by atoms with van der Waals surface area (Å²) in [7, 11) is 0. The first-order valence-corrected chi connectivity index (χ1v) is 12.7. The van der Waals surface area contributed by atoms with Crippen molar-refractivity contribution >= 4 is 44.7 Å². The van der Waals surface area contributed by atoms with Gasteiger partial charge in [-0.05, 0) is 40.8 Å². The molecule has 2 N–H and O–H groups in total. The smallest absolute Gasteiger partial charge is 0.408 e. The molecule has 0 bridgehead atoms. The zero-order valence-corrected chi connectivity index (χ0v) is 21.3. The summed E-state index contributed by atoms with van der Waals surface area (Å²) in [6.07, 6.45) is 1.22. The van der Waals surface area contributed by atoms with Crippen molar-refractivity contribution in [2.75, 3.05) is 0 Å². The molecule has 8 heteroatoms. The number of H-pyrrole nitrogens is 1. The molecule has 0 aliphatic carbocycles. The van der Waals surface area contributed by atoms with Crippen LogP contribution in [0.1, 0.15) is 11.1 Å². The molecule has 0 saturated carbocycles. The van der Waals surface area contributed by atoms with Crippen LogP contribution >= 0.6 is 0 Å². The third-order valence-electron chi connectivity index (χ3n) is 6.70. The summed E-state index contributed by atoms with van der Waals surface area (Å²) in [5, 5.41) is 5.51. The van der Waals surface area contributed by atoms with Gasteiger partial charge in [0.15, 0.2) is 0 Å². The number of rotatable bonds is 7. The van der Waals surface area contributed by atoms with E-state index in [4.69, 9.17) is 13.9 Å². The number of fused-ring (bicyclic) bond motifs is 4. The summed E-state index contributed by atoms with van der Waals surface area (Å²) < 4.78 is 16.5. The Bertz CT molecular complexity index is 1910. The van der Waals surface area contributed by atoms with Gasteiger partial charge in [-0.2, -0.15) is 0 Å². The van der Waals surface area contributed by atoms with Gasteiger partial charge in [0.25, 0.3) is 0 Å². The number of esters is 1. The number of carbonyl (C=O) groups excluding carboxylic acids is 2. The molecule has 4 aromatic carbocycles. The van der Waals surface area contributed by atoms with Crippen LogP contribution in [-0.2, 0) is 22.6 Å². The Kier molecular flexibility index (Phi) is 6.72. The zero-order valence-electron chi connectivity index (χ0n) is 21.3. The van der Waals surface area contributed by atoms with Gasteiger partial charge in [-0.1, -0.05) is 66.7 Å². The lowest BCUT2D eigenvalue weighted by molar-refractivity contribution is -0.136. The van der Waals surface area contributed by atoms with Gasteiger partial charge >= 0.3 is 17.7 Å². The maximum atomic E-state index is 13.4. The minimum atomic E-state index is -1.05. The Hall–Kier alpha value is -5.37. The second-order valence-electron chi connectivity index (χ2n) is 9.34. The summed E-state index contributed by atoms with van der Waals surface area (Å²) in [6.45, 7) is 0.0548. The van der Waals surface area contributed by atoms with E-state index in [2.05, 4.69) is 10.3 Å². The van der Waals surface area contributed by atoms with Crippen LogP contribution in [0.25, 0.3) is 32.6 Å². The molecule has 198 valence electrons. The number of alkyl carbamates (subject to hydrolysis) is 1. The van der Waals surface area contributed by atoms with E-state index < -0.39 is 23.7 Å². The van der Waals surface area contributed by atoms with E-state index in [0.29, 0.717) is 10.8 Å². The van der Waals surface area contributed by atoms with Crippen molar-refractivity contribution in [2.24, 2.45) is 0 Å². The first-order valence-electron chi connectivity index (χ1n) is 12.7. The average molecular weight is 533 g/mol. The van der Waals surface area contributed by atoms with Crippen LogP contribution in [0.4, 0.5) is 4.79 Å². The Morgan fingerprint density at radius 2 is 1.55 bits per heavy atom. The van der Waals surface area contributed by atoms with Crippen molar-refractivity contribution in [2.45, 2.75) is 19.1 Å². The number of aromatic amines is 1. The maximum absolute atomic E-state index is 13.4. The van der Waals surface area contributed by atoms with Crippen LogP contribution in [-0.4, -0.2) is 23.1 Å². The third kappa shape index (κ3) is 5.15. The molecule has 2 aromatic heterocycles. The van der Waals surface area contributed by atoms with Crippen LogP contribution in [0.2, 0.25) is 0 Å². The van der Waals surface area contributed by atoms with Gasteiger partial charge in [-0.25, -0.2) is 14.4 Å². The number of aromatic nitrogens is 1. The van der Waals surface area contributed by atoms with E-state index in [-0.39, 0.29) is 24.4 Å². The molecule has 6 aromatic rings. The molecule has 0 radical (unpaired) electrons. The van der Waals surface area contributed by atoms with Gasteiger partial charge < -0.3 is 24.2 Å². The molecule has 6 rings (SSSR count). The minimum Gasteiger partial charge on any atom is -0.445 e. The second-order valence-corrected chi connectivity index (χ2v) is 9.34. The third-order valence-corrected chi connectivity index (χ3v) is 6.70. The van der Waals surface area contributed by atoms with E-state index in [0.717, 1.165) is 27.4 Å². The number of ether oxygens (including phenoxy) is 2. The van der Waals surface area contributed by atoms with Gasteiger partial charge in [0.2, 0.25) is 0 Å². The van der Waals surface area contributed by atoms with Gasteiger partial charge in [0, 0.05) is 35.0 Å². The second kappa shape index (κ2) is 10.8. The molecule has 0 unspecified atom stereocenters. The molecule has 1 amide bonds. The van der Waals surface area contributed by atoms with Crippen molar-refractivity contribution in [3.05, 3.63) is 125 Å². The highest BCUT2D eigenvalue weighted by molar-refractivity contribution is 6.04. The van der Waals surface area contributed by atoms with Crippen LogP contribution in [0.5, 0.6) is 5.75 Å². The SMILES string of the molecule is O=C(N[C@H](Cc1c[nH]c2ccccc12)C(=O)Oc1ccc2c(c1)oc(=O)c1ccccc12)OCc1ccccc1. The van der Waals surface area contributed by atoms with E-state index in [9.17, 15) is 14.4 Å². The van der Waals surface area contributed by atoms with Gasteiger partial charge in [0.1, 0.15) is 24.0 Å². The highest BCUT2D eigenvalue weighted by Crippen LogP contribution is 2.27. The first-order chi connectivity index (χ1) is 19.5. The van der Waals surface area contributed by atoms with Crippen molar-refractivity contribution in [3.8, 4) is 5.75 Å². The molecular formula is C32H24N2O6. The number of carbonyl (C=O) groups is 2. The molecule has 2 heterocycles. The van der Waals surface area contributed by atoms with Crippen LogP contribution in [0.15, 0.2) is 112 Å². The molecule has 8 nitrogen and oxygen atoms in total. The summed E-state index contributed by atoms with van der Waals surface area (Å²) >= 11 is 0. The minimum absolute atomic E-state index is 0.0548. The molecule has 0 aliphatic heterocycles. The van der Waals surface area contributed by atoms with Crippen LogP contribution in [0, 0.1) is 0 Å².